The lowest BCUT2D eigenvalue weighted by Crippen LogP contribution is -2.46. The third-order valence-corrected chi connectivity index (χ3v) is 5.22. The van der Waals surface area contributed by atoms with Gasteiger partial charge in [-0.2, -0.15) is 0 Å². The van der Waals surface area contributed by atoms with Crippen LogP contribution in [0.5, 0.6) is 11.5 Å². The molecule has 0 radical (unpaired) electrons. The summed E-state index contributed by atoms with van der Waals surface area (Å²) in [5.74, 6) is 1.28. The van der Waals surface area contributed by atoms with Gasteiger partial charge in [0.1, 0.15) is 0 Å². The Morgan fingerprint density at radius 1 is 1.03 bits per heavy atom. The molecule has 154 valence electrons. The fourth-order valence-corrected chi connectivity index (χ4v) is 3.64. The minimum absolute atomic E-state index is 0.0271. The average Bonchev–Trinajstić information content (AvgIpc) is 2.73. The number of amides is 2. The largest absolute Gasteiger partial charge is 0.493 e. The van der Waals surface area contributed by atoms with Gasteiger partial charge in [0.2, 0.25) is 5.91 Å². The van der Waals surface area contributed by atoms with E-state index in [1.165, 1.54) is 0 Å². The normalized spacial score (nSPS) is 14.4. The lowest BCUT2D eigenvalue weighted by Gasteiger charge is -2.32. The van der Waals surface area contributed by atoms with Crippen LogP contribution in [-0.4, -0.2) is 50.1 Å². The minimum Gasteiger partial charge on any atom is -0.493 e. The summed E-state index contributed by atoms with van der Waals surface area (Å²) in [5.41, 5.74) is 2.67. The number of hydrogen-bond donors (Lipinski definition) is 1. The van der Waals surface area contributed by atoms with Crippen LogP contribution in [0.25, 0.3) is 0 Å². The summed E-state index contributed by atoms with van der Waals surface area (Å²) in [6, 6.07) is 13.2. The molecule has 1 aliphatic rings. The van der Waals surface area contributed by atoms with Crippen molar-refractivity contribution < 1.29 is 19.1 Å². The Morgan fingerprint density at radius 2 is 1.76 bits per heavy atom. The van der Waals surface area contributed by atoms with Gasteiger partial charge in [0, 0.05) is 24.7 Å². The second kappa shape index (κ2) is 9.45. The maximum absolute atomic E-state index is 12.7. The van der Waals surface area contributed by atoms with E-state index < -0.39 is 0 Å². The van der Waals surface area contributed by atoms with Crippen LogP contribution in [0.3, 0.4) is 0 Å². The van der Waals surface area contributed by atoms with Crippen LogP contribution in [0, 0.1) is 6.92 Å². The topological polar surface area (TPSA) is 67.9 Å². The second-order valence-electron chi connectivity index (χ2n) is 7.37. The molecule has 1 saturated heterocycles. The molecule has 0 saturated carbocycles. The molecule has 2 aromatic carbocycles. The van der Waals surface area contributed by atoms with E-state index in [2.05, 4.69) is 5.32 Å². The number of nitrogens with one attached hydrogen (secondary N) is 1. The zero-order chi connectivity index (χ0) is 20.8. The lowest BCUT2D eigenvalue weighted by atomic mass is 10.0. The Kier molecular flexibility index (Phi) is 6.75. The van der Waals surface area contributed by atoms with E-state index in [0.717, 1.165) is 29.5 Å². The van der Waals surface area contributed by atoms with Crippen molar-refractivity contribution in [2.75, 3.05) is 27.3 Å². The quantitative estimate of drug-likeness (QED) is 0.815. The number of nitrogens with zero attached hydrogens (tertiary/aromatic N) is 1. The van der Waals surface area contributed by atoms with E-state index in [1.54, 1.807) is 20.3 Å². The van der Waals surface area contributed by atoms with Crippen molar-refractivity contribution in [3.63, 3.8) is 0 Å². The highest BCUT2D eigenvalue weighted by atomic mass is 16.5. The van der Waals surface area contributed by atoms with E-state index in [4.69, 9.17) is 9.47 Å². The van der Waals surface area contributed by atoms with Gasteiger partial charge in [-0.05, 0) is 49.6 Å². The van der Waals surface area contributed by atoms with Gasteiger partial charge < -0.3 is 19.7 Å². The summed E-state index contributed by atoms with van der Waals surface area (Å²) >= 11 is 0. The second-order valence-corrected chi connectivity index (χ2v) is 7.37. The number of likely N-dealkylation sites (tertiary alicyclic amines) is 1. The summed E-state index contributed by atoms with van der Waals surface area (Å²) < 4.78 is 10.5. The predicted molar refractivity (Wildman–Crippen MR) is 111 cm³/mol. The molecule has 1 fully saturated rings. The third-order valence-electron chi connectivity index (χ3n) is 5.22. The molecule has 0 bridgehead atoms. The molecule has 0 spiro atoms. The van der Waals surface area contributed by atoms with Crippen molar-refractivity contribution in [2.45, 2.75) is 32.2 Å². The smallest absolute Gasteiger partial charge is 0.253 e. The highest BCUT2D eigenvalue weighted by molar-refractivity contribution is 5.94. The van der Waals surface area contributed by atoms with Crippen LogP contribution in [0.4, 0.5) is 0 Å². The van der Waals surface area contributed by atoms with E-state index >= 15 is 0 Å². The lowest BCUT2D eigenvalue weighted by molar-refractivity contribution is -0.121. The van der Waals surface area contributed by atoms with Crippen LogP contribution in [0.2, 0.25) is 0 Å². The summed E-state index contributed by atoms with van der Waals surface area (Å²) in [6.45, 7) is 3.28. The van der Waals surface area contributed by atoms with Gasteiger partial charge in [-0.15, -0.1) is 0 Å². The molecule has 1 N–H and O–H groups in total. The number of methoxy groups -OCH3 is 2. The summed E-state index contributed by atoms with van der Waals surface area (Å²) in [7, 11) is 3.16. The molecule has 6 heteroatoms. The van der Waals surface area contributed by atoms with Gasteiger partial charge in [0.05, 0.1) is 20.6 Å². The van der Waals surface area contributed by atoms with Crippen LogP contribution in [0.1, 0.15) is 34.3 Å². The maximum atomic E-state index is 12.7. The van der Waals surface area contributed by atoms with Crippen molar-refractivity contribution in [1.82, 2.24) is 10.2 Å². The number of hydrogen-bond acceptors (Lipinski definition) is 4. The number of piperidine rings is 1. The standard InChI is InChI=1S/C23H28N2O4/c1-16-5-4-6-18(13-16)23(27)25-11-9-19(10-12-25)24-22(26)15-17-7-8-20(28-2)21(14-17)29-3/h4-8,13-14,19H,9-12,15H2,1-3H3,(H,24,26). The molecule has 1 aliphatic heterocycles. The van der Waals surface area contributed by atoms with Gasteiger partial charge in [0.15, 0.2) is 11.5 Å². The molecule has 0 aromatic heterocycles. The molecule has 1 heterocycles. The van der Waals surface area contributed by atoms with E-state index in [0.29, 0.717) is 24.6 Å². The molecule has 0 atom stereocenters. The SMILES string of the molecule is COc1ccc(CC(=O)NC2CCN(C(=O)c3cccc(C)c3)CC2)cc1OC. The predicted octanol–water partition coefficient (Wildman–Crippen LogP) is 2.98. The number of carbonyl (C=O) groups excluding carboxylic acids is 2. The van der Waals surface area contributed by atoms with Gasteiger partial charge in [0.25, 0.3) is 5.91 Å². The molecule has 2 aromatic rings. The number of rotatable bonds is 6. The number of carbonyl (C=O) groups is 2. The summed E-state index contributed by atoms with van der Waals surface area (Å²) in [6.07, 6.45) is 1.80. The Morgan fingerprint density at radius 3 is 2.41 bits per heavy atom. The van der Waals surface area contributed by atoms with Crippen molar-refractivity contribution in [2.24, 2.45) is 0 Å². The fraction of sp³-hybridized carbons (Fsp3) is 0.391. The molecular formula is C23H28N2O4. The molecule has 6 nitrogen and oxygen atoms in total. The third kappa shape index (κ3) is 5.28. The highest BCUT2D eigenvalue weighted by Gasteiger charge is 2.24. The zero-order valence-corrected chi connectivity index (χ0v) is 17.2. The molecule has 0 unspecified atom stereocenters. The van der Waals surface area contributed by atoms with Crippen molar-refractivity contribution in [3.8, 4) is 11.5 Å². The number of ether oxygens (including phenoxy) is 2. The Bertz CT molecular complexity index is 873. The van der Waals surface area contributed by atoms with Crippen molar-refractivity contribution >= 4 is 11.8 Å². The van der Waals surface area contributed by atoms with Gasteiger partial charge >= 0.3 is 0 Å². The average molecular weight is 396 g/mol. The Balaban J connectivity index is 1.50. The van der Waals surface area contributed by atoms with E-state index in [1.807, 2.05) is 48.2 Å². The van der Waals surface area contributed by atoms with Crippen molar-refractivity contribution in [3.05, 3.63) is 59.2 Å². The Labute approximate surface area is 171 Å². The number of benzene rings is 2. The summed E-state index contributed by atoms with van der Waals surface area (Å²) in [5, 5.41) is 3.09. The van der Waals surface area contributed by atoms with Crippen LogP contribution >= 0.6 is 0 Å². The van der Waals surface area contributed by atoms with Crippen molar-refractivity contribution in [1.29, 1.82) is 0 Å². The summed E-state index contributed by atoms with van der Waals surface area (Å²) in [4.78, 5) is 27.0. The maximum Gasteiger partial charge on any atom is 0.253 e. The molecule has 3 rings (SSSR count). The van der Waals surface area contributed by atoms with Gasteiger partial charge in [-0.25, -0.2) is 0 Å². The van der Waals surface area contributed by atoms with Gasteiger partial charge in [-0.1, -0.05) is 23.8 Å². The van der Waals surface area contributed by atoms with Gasteiger partial charge in [-0.3, -0.25) is 9.59 Å². The highest BCUT2D eigenvalue weighted by Crippen LogP contribution is 2.27. The molecular weight excluding hydrogens is 368 g/mol. The van der Waals surface area contributed by atoms with E-state index in [-0.39, 0.29) is 24.3 Å². The first-order valence-corrected chi connectivity index (χ1v) is 9.86. The van der Waals surface area contributed by atoms with Crippen LogP contribution in [0.15, 0.2) is 42.5 Å². The fourth-order valence-electron chi connectivity index (χ4n) is 3.64. The Hall–Kier alpha value is -3.02. The minimum atomic E-state index is -0.0271. The first-order valence-electron chi connectivity index (χ1n) is 9.86. The molecule has 0 aliphatic carbocycles. The zero-order valence-electron chi connectivity index (χ0n) is 17.2. The molecule has 29 heavy (non-hydrogen) atoms. The van der Waals surface area contributed by atoms with Crippen LogP contribution < -0.4 is 14.8 Å². The van der Waals surface area contributed by atoms with Crippen LogP contribution in [-0.2, 0) is 11.2 Å². The van der Waals surface area contributed by atoms with E-state index in [9.17, 15) is 9.59 Å². The number of aryl methyl sites for hydroxylation is 1. The first-order chi connectivity index (χ1) is 14.0. The monoisotopic (exact) mass is 396 g/mol. The molecule has 2 amide bonds. The first kappa shape index (κ1) is 20.7.